The number of primary amides is 1. The number of phenols is 1. The molecule has 0 aliphatic heterocycles. The molecular weight excluding hydrogens is 258 g/mol. The van der Waals surface area contributed by atoms with E-state index in [4.69, 9.17) is 5.73 Å². The molecule has 0 saturated carbocycles. The molecule has 102 valence electrons. The summed E-state index contributed by atoms with van der Waals surface area (Å²) in [5.74, 6) is -1.06. The second kappa shape index (κ2) is 5.40. The normalized spacial score (nSPS) is 10.1. The monoisotopic (exact) mass is 271 g/mol. The molecule has 2 rings (SSSR count). The van der Waals surface area contributed by atoms with Crippen molar-refractivity contribution in [2.75, 3.05) is 5.32 Å². The Morgan fingerprint density at radius 3 is 2.65 bits per heavy atom. The first-order chi connectivity index (χ1) is 9.47. The fourth-order valence-electron chi connectivity index (χ4n) is 1.67. The van der Waals surface area contributed by atoms with E-state index in [1.807, 2.05) is 0 Å². The molecule has 2 amide bonds. The summed E-state index contributed by atoms with van der Waals surface area (Å²) in [5, 5.41) is 12.2. The van der Waals surface area contributed by atoms with E-state index in [0.717, 1.165) is 5.56 Å². The van der Waals surface area contributed by atoms with Crippen LogP contribution in [-0.2, 0) is 0 Å². The Balaban J connectivity index is 2.23. The summed E-state index contributed by atoms with van der Waals surface area (Å²) in [6.45, 7) is 1.80. The van der Waals surface area contributed by atoms with E-state index >= 15 is 0 Å². The average Bonchev–Trinajstić information content (AvgIpc) is 2.38. The molecule has 1 aromatic heterocycles. The summed E-state index contributed by atoms with van der Waals surface area (Å²) in [4.78, 5) is 27.0. The van der Waals surface area contributed by atoms with Crippen LogP contribution in [0.15, 0.2) is 36.5 Å². The number of phenolic OH excluding ortho intramolecular Hbond substituents is 1. The van der Waals surface area contributed by atoms with E-state index in [9.17, 15) is 14.7 Å². The van der Waals surface area contributed by atoms with Crippen molar-refractivity contribution in [3.05, 3.63) is 53.2 Å². The Hall–Kier alpha value is -2.89. The summed E-state index contributed by atoms with van der Waals surface area (Å²) in [7, 11) is 0. The molecule has 0 spiro atoms. The Bertz CT molecular complexity index is 683. The van der Waals surface area contributed by atoms with Gasteiger partial charge in [0, 0.05) is 11.8 Å². The fourth-order valence-corrected chi connectivity index (χ4v) is 1.67. The van der Waals surface area contributed by atoms with Crippen LogP contribution in [0.4, 0.5) is 5.82 Å². The summed E-state index contributed by atoms with van der Waals surface area (Å²) in [6, 6.07) is 7.52. The minimum absolute atomic E-state index is 0.117. The molecular formula is C14H13N3O3. The zero-order valence-electron chi connectivity index (χ0n) is 10.8. The zero-order valence-corrected chi connectivity index (χ0v) is 10.8. The number of nitrogens with two attached hydrogens (primary N) is 1. The van der Waals surface area contributed by atoms with Crippen LogP contribution in [0, 0.1) is 6.92 Å². The van der Waals surface area contributed by atoms with Gasteiger partial charge in [-0.2, -0.15) is 0 Å². The van der Waals surface area contributed by atoms with Gasteiger partial charge in [0.1, 0.15) is 11.6 Å². The topological polar surface area (TPSA) is 105 Å². The van der Waals surface area contributed by atoms with E-state index in [0.29, 0.717) is 0 Å². The Morgan fingerprint density at radius 2 is 2.00 bits per heavy atom. The number of hydrogen-bond acceptors (Lipinski definition) is 4. The number of carbonyl (C=O) groups is 2. The second-order valence-corrected chi connectivity index (χ2v) is 4.27. The van der Waals surface area contributed by atoms with E-state index in [1.54, 1.807) is 13.0 Å². The van der Waals surface area contributed by atoms with Crippen molar-refractivity contribution in [1.29, 1.82) is 0 Å². The van der Waals surface area contributed by atoms with Gasteiger partial charge in [-0.05, 0) is 36.8 Å². The molecule has 6 nitrogen and oxygen atoms in total. The quantitative estimate of drug-likeness (QED) is 0.785. The highest BCUT2D eigenvalue weighted by Crippen LogP contribution is 2.19. The maximum Gasteiger partial charge on any atom is 0.260 e. The van der Waals surface area contributed by atoms with Crippen molar-refractivity contribution in [3.8, 4) is 5.75 Å². The summed E-state index contributed by atoms with van der Waals surface area (Å²) in [6.07, 6.45) is 1.37. The molecule has 0 bridgehead atoms. The number of rotatable bonds is 3. The maximum absolute atomic E-state index is 12.0. The number of nitrogens with one attached hydrogen (secondary N) is 1. The van der Waals surface area contributed by atoms with Crippen molar-refractivity contribution in [2.45, 2.75) is 6.92 Å². The standard InChI is InChI=1S/C14H13N3O3/c1-8-2-3-10(11(18)6-8)14(20)17-12-7-9(13(15)19)4-5-16-12/h2-7,18H,1H3,(H2,15,19)(H,16,17,20). The lowest BCUT2D eigenvalue weighted by Gasteiger charge is -2.07. The number of carbonyl (C=O) groups excluding carboxylic acids is 2. The number of pyridine rings is 1. The predicted molar refractivity (Wildman–Crippen MR) is 73.6 cm³/mol. The third kappa shape index (κ3) is 2.92. The number of anilines is 1. The van der Waals surface area contributed by atoms with Gasteiger partial charge in [-0.1, -0.05) is 6.07 Å². The first kappa shape index (κ1) is 13.5. The van der Waals surface area contributed by atoms with Crippen molar-refractivity contribution < 1.29 is 14.7 Å². The maximum atomic E-state index is 12.0. The molecule has 1 aromatic carbocycles. The van der Waals surface area contributed by atoms with E-state index in [-0.39, 0.29) is 22.7 Å². The molecule has 0 atom stereocenters. The molecule has 0 aliphatic rings. The van der Waals surface area contributed by atoms with Crippen molar-refractivity contribution in [2.24, 2.45) is 5.73 Å². The predicted octanol–water partition coefficient (Wildman–Crippen LogP) is 1.45. The molecule has 2 aromatic rings. The molecule has 1 heterocycles. The molecule has 6 heteroatoms. The number of benzene rings is 1. The molecule has 0 unspecified atom stereocenters. The van der Waals surface area contributed by atoms with E-state index in [1.165, 1.54) is 30.5 Å². The number of aromatic hydroxyl groups is 1. The molecule has 4 N–H and O–H groups in total. The van der Waals surface area contributed by atoms with Gasteiger partial charge >= 0.3 is 0 Å². The number of nitrogens with zero attached hydrogens (tertiary/aromatic N) is 1. The van der Waals surface area contributed by atoms with Gasteiger partial charge in [0.25, 0.3) is 5.91 Å². The van der Waals surface area contributed by atoms with E-state index < -0.39 is 11.8 Å². The minimum Gasteiger partial charge on any atom is -0.507 e. The molecule has 20 heavy (non-hydrogen) atoms. The van der Waals surface area contributed by atoms with Crippen LogP contribution in [0.5, 0.6) is 5.75 Å². The van der Waals surface area contributed by atoms with Crippen molar-refractivity contribution in [3.63, 3.8) is 0 Å². The van der Waals surface area contributed by atoms with Crippen LogP contribution >= 0.6 is 0 Å². The lowest BCUT2D eigenvalue weighted by atomic mass is 10.1. The molecule has 0 radical (unpaired) electrons. The molecule has 0 saturated heterocycles. The third-order valence-corrected chi connectivity index (χ3v) is 2.68. The van der Waals surface area contributed by atoms with Crippen LogP contribution in [0.25, 0.3) is 0 Å². The smallest absolute Gasteiger partial charge is 0.260 e. The first-order valence-corrected chi connectivity index (χ1v) is 5.84. The van der Waals surface area contributed by atoms with Crippen LogP contribution < -0.4 is 11.1 Å². The average molecular weight is 271 g/mol. The third-order valence-electron chi connectivity index (χ3n) is 2.68. The number of amides is 2. The van der Waals surface area contributed by atoms with Crippen molar-refractivity contribution >= 4 is 17.6 Å². The van der Waals surface area contributed by atoms with Gasteiger partial charge < -0.3 is 16.2 Å². The summed E-state index contributed by atoms with van der Waals surface area (Å²) >= 11 is 0. The lowest BCUT2D eigenvalue weighted by molar-refractivity contribution is 0.0995. The minimum atomic E-state index is -0.610. The summed E-state index contributed by atoms with van der Waals surface area (Å²) in [5.41, 5.74) is 6.35. The van der Waals surface area contributed by atoms with Crippen LogP contribution in [0.1, 0.15) is 26.3 Å². The van der Waals surface area contributed by atoms with Gasteiger partial charge in [-0.15, -0.1) is 0 Å². The SMILES string of the molecule is Cc1ccc(C(=O)Nc2cc(C(N)=O)ccn2)c(O)c1. The van der Waals surface area contributed by atoms with Crippen molar-refractivity contribution in [1.82, 2.24) is 4.98 Å². The highest BCUT2D eigenvalue weighted by atomic mass is 16.3. The highest BCUT2D eigenvalue weighted by Gasteiger charge is 2.12. The van der Waals surface area contributed by atoms with Gasteiger partial charge in [0.05, 0.1) is 5.56 Å². The van der Waals surface area contributed by atoms with Crippen LogP contribution in [0.2, 0.25) is 0 Å². The van der Waals surface area contributed by atoms with Gasteiger partial charge in [0.2, 0.25) is 5.91 Å². The Kier molecular flexibility index (Phi) is 3.65. The van der Waals surface area contributed by atoms with Gasteiger partial charge in [-0.3, -0.25) is 9.59 Å². The van der Waals surface area contributed by atoms with Gasteiger partial charge in [0.15, 0.2) is 0 Å². The number of aromatic nitrogens is 1. The van der Waals surface area contributed by atoms with Crippen LogP contribution in [-0.4, -0.2) is 21.9 Å². The fraction of sp³-hybridized carbons (Fsp3) is 0.0714. The Labute approximate surface area is 115 Å². The van der Waals surface area contributed by atoms with Gasteiger partial charge in [-0.25, -0.2) is 4.98 Å². The molecule has 0 aliphatic carbocycles. The highest BCUT2D eigenvalue weighted by molar-refractivity contribution is 6.06. The first-order valence-electron chi connectivity index (χ1n) is 5.84. The van der Waals surface area contributed by atoms with Crippen LogP contribution in [0.3, 0.4) is 0 Å². The largest absolute Gasteiger partial charge is 0.507 e. The second-order valence-electron chi connectivity index (χ2n) is 4.27. The molecule has 0 fully saturated rings. The Morgan fingerprint density at radius 1 is 1.25 bits per heavy atom. The zero-order chi connectivity index (χ0) is 14.7. The van der Waals surface area contributed by atoms with E-state index in [2.05, 4.69) is 10.3 Å². The summed E-state index contributed by atoms with van der Waals surface area (Å²) < 4.78 is 0. The number of hydrogen-bond donors (Lipinski definition) is 3. The lowest BCUT2D eigenvalue weighted by Crippen LogP contribution is -2.15. The number of aryl methyl sites for hydroxylation is 1.